The number of carbonyl (C=O) groups is 2. The summed E-state index contributed by atoms with van der Waals surface area (Å²) in [4.78, 5) is 23.7. The van der Waals surface area contributed by atoms with Crippen molar-refractivity contribution >= 4 is 63.1 Å². The van der Waals surface area contributed by atoms with Gasteiger partial charge in [-0.05, 0) is 75.7 Å². The van der Waals surface area contributed by atoms with Crippen molar-refractivity contribution in [1.82, 2.24) is 5.32 Å². The zero-order valence-corrected chi connectivity index (χ0v) is 16.3. The Morgan fingerprint density at radius 1 is 1.18 bits per heavy atom. The standard InChI is InChI=1S/C16H17I2NO3/c17-12-6-4-5-11(14(12)18)7-8-13(20)19-16(15(21)22)9-2-1-3-10-16/h4-8H,1-3,9-10H2,(H,19,20)(H,21,22)/b8-7+. The summed E-state index contributed by atoms with van der Waals surface area (Å²) in [7, 11) is 0. The lowest BCUT2D eigenvalue weighted by Crippen LogP contribution is -2.55. The number of halogens is 2. The Balaban J connectivity index is 2.10. The second-order valence-corrected chi connectivity index (χ2v) is 7.65. The summed E-state index contributed by atoms with van der Waals surface area (Å²) in [6, 6.07) is 5.86. The Hall–Kier alpha value is -0.640. The molecule has 0 atom stereocenters. The van der Waals surface area contributed by atoms with E-state index in [-0.39, 0.29) is 5.91 Å². The molecule has 1 saturated carbocycles. The number of nitrogens with one attached hydrogen (secondary N) is 1. The maximum Gasteiger partial charge on any atom is 0.329 e. The number of carboxylic acid groups (broad SMARTS) is 1. The molecule has 1 aromatic rings. The fraction of sp³-hybridized carbons (Fsp3) is 0.375. The molecule has 2 rings (SSSR count). The van der Waals surface area contributed by atoms with Crippen LogP contribution in [0.5, 0.6) is 0 Å². The molecule has 0 unspecified atom stereocenters. The summed E-state index contributed by atoms with van der Waals surface area (Å²) in [6.45, 7) is 0. The first-order valence-electron chi connectivity index (χ1n) is 7.12. The number of carbonyl (C=O) groups excluding carboxylic acids is 1. The van der Waals surface area contributed by atoms with Crippen LogP contribution in [0.4, 0.5) is 0 Å². The zero-order valence-electron chi connectivity index (χ0n) is 11.9. The number of rotatable bonds is 4. The number of hydrogen-bond acceptors (Lipinski definition) is 2. The summed E-state index contributed by atoms with van der Waals surface area (Å²) < 4.78 is 2.20. The average molecular weight is 525 g/mol. The molecule has 22 heavy (non-hydrogen) atoms. The maximum atomic E-state index is 12.1. The Labute approximate surface area is 157 Å². The van der Waals surface area contributed by atoms with Crippen LogP contribution in [0.1, 0.15) is 37.7 Å². The minimum Gasteiger partial charge on any atom is -0.480 e. The lowest BCUT2D eigenvalue weighted by molar-refractivity contribution is -0.148. The van der Waals surface area contributed by atoms with Crippen molar-refractivity contribution in [2.75, 3.05) is 0 Å². The van der Waals surface area contributed by atoms with E-state index in [9.17, 15) is 14.7 Å². The monoisotopic (exact) mass is 525 g/mol. The molecule has 0 bridgehead atoms. The van der Waals surface area contributed by atoms with Gasteiger partial charge >= 0.3 is 5.97 Å². The SMILES string of the molecule is O=C(/C=C/c1cccc(I)c1I)NC1(C(=O)O)CCCCC1. The number of benzene rings is 1. The highest BCUT2D eigenvalue weighted by molar-refractivity contribution is 14.1. The minimum absolute atomic E-state index is 0.348. The highest BCUT2D eigenvalue weighted by Gasteiger charge is 2.40. The Kier molecular flexibility index (Phi) is 6.25. The molecule has 0 spiro atoms. The third kappa shape index (κ3) is 4.21. The van der Waals surface area contributed by atoms with Crippen molar-refractivity contribution in [3.63, 3.8) is 0 Å². The molecule has 0 saturated heterocycles. The van der Waals surface area contributed by atoms with Crippen LogP contribution in [0.25, 0.3) is 6.08 Å². The summed E-state index contributed by atoms with van der Waals surface area (Å²) in [5.41, 5.74) is -0.145. The minimum atomic E-state index is -1.10. The van der Waals surface area contributed by atoms with E-state index in [1.54, 1.807) is 6.08 Å². The van der Waals surface area contributed by atoms with Crippen molar-refractivity contribution in [2.45, 2.75) is 37.6 Å². The lowest BCUT2D eigenvalue weighted by Gasteiger charge is -2.33. The quantitative estimate of drug-likeness (QED) is 0.465. The third-order valence-corrected chi connectivity index (χ3v) is 7.01. The van der Waals surface area contributed by atoms with E-state index in [2.05, 4.69) is 50.5 Å². The van der Waals surface area contributed by atoms with Crippen LogP contribution in [-0.2, 0) is 9.59 Å². The zero-order chi connectivity index (χ0) is 16.2. The third-order valence-electron chi connectivity index (χ3n) is 3.87. The van der Waals surface area contributed by atoms with Crippen molar-refractivity contribution < 1.29 is 14.7 Å². The molecule has 0 aliphatic heterocycles. The number of hydrogen-bond donors (Lipinski definition) is 2. The topological polar surface area (TPSA) is 66.4 Å². The van der Waals surface area contributed by atoms with Gasteiger partial charge in [0.25, 0.3) is 0 Å². The molecule has 2 N–H and O–H groups in total. The second kappa shape index (κ2) is 7.76. The molecule has 6 heteroatoms. The number of aliphatic carboxylic acids is 1. The highest BCUT2D eigenvalue weighted by atomic mass is 127. The number of carboxylic acids is 1. The molecule has 0 heterocycles. The van der Waals surface area contributed by atoms with Crippen LogP contribution >= 0.6 is 45.2 Å². The molecular formula is C16H17I2NO3. The van der Waals surface area contributed by atoms with E-state index < -0.39 is 11.5 Å². The van der Waals surface area contributed by atoms with Crippen LogP contribution in [0.3, 0.4) is 0 Å². The van der Waals surface area contributed by atoms with Gasteiger partial charge < -0.3 is 10.4 Å². The van der Waals surface area contributed by atoms with Crippen molar-refractivity contribution in [1.29, 1.82) is 0 Å². The molecule has 1 aliphatic rings. The first-order chi connectivity index (χ1) is 10.4. The fourth-order valence-electron chi connectivity index (χ4n) is 2.64. The van der Waals surface area contributed by atoms with Gasteiger partial charge in [0.15, 0.2) is 0 Å². The van der Waals surface area contributed by atoms with E-state index in [1.165, 1.54) is 6.08 Å². The first-order valence-corrected chi connectivity index (χ1v) is 9.28. The van der Waals surface area contributed by atoms with Crippen LogP contribution in [0.15, 0.2) is 24.3 Å². The molecule has 0 aromatic heterocycles. The van der Waals surface area contributed by atoms with Gasteiger partial charge in [0, 0.05) is 13.2 Å². The van der Waals surface area contributed by atoms with Gasteiger partial charge in [0.1, 0.15) is 5.54 Å². The highest BCUT2D eigenvalue weighted by Crippen LogP contribution is 2.28. The summed E-state index contributed by atoms with van der Waals surface area (Å²) in [5, 5.41) is 12.2. The molecular weight excluding hydrogens is 508 g/mol. The molecule has 118 valence electrons. The Morgan fingerprint density at radius 2 is 1.86 bits per heavy atom. The van der Waals surface area contributed by atoms with Crippen LogP contribution in [0, 0.1) is 7.14 Å². The van der Waals surface area contributed by atoms with E-state index in [0.29, 0.717) is 12.8 Å². The molecule has 0 radical (unpaired) electrons. The Morgan fingerprint density at radius 3 is 2.50 bits per heavy atom. The largest absolute Gasteiger partial charge is 0.480 e. The molecule has 4 nitrogen and oxygen atoms in total. The van der Waals surface area contributed by atoms with Gasteiger partial charge in [-0.1, -0.05) is 31.4 Å². The van der Waals surface area contributed by atoms with Crippen molar-refractivity contribution in [3.8, 4) is 0 Å². The predicted molar refractivity (Wildman–Crippen MR) is 103 cm³/mol. The van der Waals surface area contributed by atoms with Crippen LogP contribution in [0.2, 0.25) is 0 Å². The first kappa shape index (κ1) is 17.7. The van der Waals surface area contributed by atoms with Gasteiger partial charge in [-0.2, -0.15) is 0 Å². The summed E-state index contributed by atoms with van der Waals surface area (Å²) in [6.07, 6.45) is 6.87. The fourth-order valence-corrected chi connectivity index (χ4v) is 3.70. The van der Waals surface area contributed by atoms with Gasteiger partial charge in [-0.3, -0.25) is 4.79 Å². The second-order valence-electron chi connectivity index (χ2n) is 5.41. The normalized spacial score (nSPS) is 17.4. The predicted octanol–water partition coefficient (Wildman–Crippen LogP) is 3.81. The van der Waals surface area contributed by atoms with Gasteiger partial charge in [0.05, 0.1) is 0 Å². The molecule has 1 fully saturated rings. The summed E-state index contributed by atoms with van der Waals surface area (Å²) >= 11 is 4.48. The van der Waals surface area contributed by atoms with Gasteiger partial charge in [-0.25, -0.2) is 4.79 Å². The smallest absolute Gasteiger partial charge is 0.329 e. The lowest BCUT2D eigenvalue weighted by atomic mass is 9.81. The van der Waals surface area contributed by atoms with E-state index >= 15 is 0 Å². The van der Waals surface area contributed by atoms with Gasteiger partial charge in [-0.15, -0.1) is 0 Å². The summed E-state index contributed by atoms with van der Waals surface area (Å²) in [5.74, 6) is -1.28. The van der Waals surface area contributed by atoms with E-state index in [1.807, 2.05) is 18.2 Å². The average Bonchev–Trinajstić information content (AvgIpc) is 2.49. The maximum absolute atomic E-state index is 12.1. The van der Waals surface area contributed by atoms with Crippen LogP contribution < -0.4 is 5.32 Å². The van der Waals surface area contributed by atoms with Crippen molar-refractivity contribution in [3.05, 3.63) is 37.0 Å². The van der Waals surface area contributed by atoms with Crippen LogP contribution in [-0.4, -0.2) is 22.5 Å². The molecule has 1 aliphatic carbocycles. The number of amides is 1. The van der Waals surface area contributed by atoms with Gasteiger partial charge in [0.2, 0.25) is 5.91 Å². The molecule has 1 aromatic carbocycles. The molecule has 1 amide bonds. The van der Waals surface area contributed by atoms with E-state index in [0.717, 1.165) is 32.0 Å². The van der Waals surface area contributed by atoms with Crippen molar-refractivity contribution in [2.24, 2.45) is 0 Å². The van der Waals surface area contributed by atoms with E-state index in [4.69, 9.17) is 0 Å². The Bertz CT molecular complexity index is 607.